The van der Waals surface area contributed by atoms with Gasteiger partial charge in [-0.25, -0.2) is 0 Å². The summed E-state index contributed by atoms with van der Waals surface area (Å²) >= 11 is 0. The van der Waals surface area contributed by atoms with Crippen molar-refractivity contribution >= 4 is 0 Å². The minimum Gasteiger partial charge on any atom is -0.390 e. The van der Waals surface area contributed by atoms with Crippen LogP contribution in [0, 0.1) is 28.6 Å². The maximum absolute atomic E-state index is 10.7. The summed E-state index contributed by atoms with van der Waals surface area (Å²) in [4.78, 5) is 0. The zero-order chi connectivity index (χ0) is 13.9. The second-order valence-corrected chi connectivity index (χ2v) is 8.65. The monoisotopic (exact) mass is 264 g/mol. The van der Waals surface area contributed by atoms with Gasteiger partial charge >= 0.3 is 0 Å². The van der Waals surface area contributed by atoms with E-state index in [0.717, 1.165) is 37.0 Å². The average molecular weight is 264 g/mol. The quantitative estimate of drug-likeness (QED) is 0.761. The Morgan fingerprint density at radius 1 is 1.11 bits per heavy atom. The lowest BCUT2D eigenvalue weighted by molar-refractivity contribution is -0.0507. The van der Waals surface area contributed by atoms with Crippen molar-refractivity contribution in [2.45, 2.75) is 84.7 Å². The lowest BCUT2D eigenvalue weighted by Crippen LogP contribution is -2.42. The third kappa shape index (κ3) is 1.83. The Morgan fingerprint density at radius 2 is 1.84 bits per heavy atom. The van der Waals surface area contributed by atoms with Crippen LogP contribution in [0.2, 0.25) is 0 Å². The molecule has 3 fully saturated rings. The maximum Gasteiger partial charge on any atom is 0.0648 e. The molecule has 3 aliphatic carbocycles. The Kier molecular flexibility index (Phi) is 3.10. The summed E-state index contributed by atoms with van der Waals surface area (Å²) in [5, 5.41) is 10.7. The third-order valence-corrected chi connectivity index (χ3v) is 7.95. The van der Waals surface area contributed by atoms with Crippen molar-refractivity contribution in [3.8, 4) is 0 Å². The first-order valence-corrected chi connectivity index (χ1v) is 8.55. The van der Waals surface area contributed by atoms with Gasteiger partial charge in [0, 0.05) is 0 Å². The van der Waals surface area contributed by atoms with Gasteiger partial charge in [-0.05, 0) is 73.5 Å². The van der Waals surface area contributed by atoms with Gasteiger partial charge in [-0.1, -0.05) is 34.1 Å². The summed E-state index contributed by atoms with van der Waals surface area (Å²) in [6.45, 7) is 9.75. The number of aliphatic hydroxyl groups is 1. The molecule has 0 saturated heterocycles. The van der Waals surface area contributed by atoms with Crippen LogP contribution in [0.3, 0.4) is 0 Å². The second-order valence-electron chi connectivity index (χ2n) is 8.65. The molecule has 3 saturated carbocycles. The van der Waals surface area contributed by atoms with Crippen molar-refractivity contribution < 1.29 is 5.11 Å². The van der Waals surface area contributed by atoms with Gasteiger partial charge in [0.15, 0.2) is 0 Å². The Hall–Kier alpha value is -0.0400. The Balaban J connectivity index is 1.81. The predicted molar refractivity (Wildman–Crippen MR) is 79.9 cm³/mol. The van der Waals surface area contributed by atoms with E-state index in [-0.39, 0.29) is 5.60 Å². The Morgan fingerprint density at radius 3 is 2.37 bits per heavy atom. The first-order chi connectivity index (χ1) is 8.82. The summed E-state index contributed by atoms with van der Waals surface area (Å²) in [6, 6.07) is 0. The van der Waals surface area contributed by atoms with Crippen molar-refractivity contribution in [1.82, 2.24) is 0 Å². The van der Waals surface area contributed by atoms with E-state index in [1.165, 1.54) is 32.1 Å². The fourth-order valence-electron chi connectivity index (χ4n) is 6.03. The van der Waals surface area contributed by atoms with Gasteiger partial charge in [0.25, 0.3) is 0 Å². The highest BCUT2D eigenvalue weighted by molar-refractivity contribution is 5.12. The summed E-state index contributed by atoms with van der Waals surface area (Å²) in [6.07, 6.45) is 9.98. The zero-order valence-electron chi connectivity index (χ0n) is 13.3. The number of hydrogen-bond donors (Lipinski definition) is 1. The van der Waals surface area contributed by atoms with Gasteiger partial charge in [0.2, 0.25) is 0 Å². The van der Waals surface area contributed by atoms with Gasteiger partial charge in [-0.3, -0.25) is 0 Å². The summed E-state index contributed by atoms with van der Waals surface area (Å²) in [7, 11) is 0. The number of hydrogen-bond acceptors (Lipinski definition) is 1. The SMILES string of the molecule is CCC1(O)CCCC([C@@H]2C[C@H]3CC[C@]2(C)C3(C)C)C1. The van der Waals surface area contributed by atoms with E-state index < -0.39 is 0 Å². The largest absolute Gasteiger partial charge is 0.390 e. The van der Waals surface area contributed by atoms with E-state index >= 15 is 0 Å². The summed E-state index contributed by atoms with van der Waals surface area (Å²) in [5.41, 5.74) is 0.721. The number of rotatable bonds is 2. The molecule has 5 atom stereocenters. The van der Waals surface area contributed by atoms with Crippen LogP contribution >= 0.6 is 0 Å². The molecule has 1 N–H and O–H groups in total. The van der Waals surface area contributed by atoms with Crippen molar-refractivity contribution in [3.63, 3.8) is 0 Å². The number of fused-ring (bicyclic) bond motifs is 2. The maximum atomic E-state index is 10.7. The summed E-state index contributed by atoms with van der Waals surface area (Å²) in [5.74, 6) is 2.60. The highest BCUT2D eigenvalue weighted by atomic mass is 16.3. The van der Waals surface area contributed by atoms with Crippen LogP contribution in [0.25, 0.3) is 0 Å². The lowest BCUT2D eigenvalue weighted by atomic mass is 9.59. The average Bonchev–Trinajstić information content (AvgIpc) is 2.71. The molecule has 2 bridgehead atoms. The molecule has 19 heavy (non-hydrogen) atoms. The molecule has 0 aromatic heterocycles. The van der Waals surface area contributed by atoms with Gasteiger partial charge in [-0.15, -0.1) is 0 Å². The van der Waals surface area contributed by atoms with E-state index in [2.05, 4.69) is 27.7 Å². The smallest absolute Gasteiger partial charge is 0.0648 e. The molecule has 1 heteroatoms. The molecule has 0 spiro atoms. The minimum absolute atomic E-state index is 0.342. The molecule has 3 aliphatic rings. The van der Waals surface area contributed by atoms with Gasteiger partial charge < -0.3 is 5.11 Å². The Labute approximate surface area is 119 Å². The molecule has 0 heterocycles. The molecule has 0 amide bonds. The van der Waals surface area contributed by atoms with Crippen LogP contribution in [0.1, 0.15) is 79.1 Å². The van der Waals surface area contributed by atoms with Crippen LogP contribution in [0.4, 0.5) is 0 Å². The molecular weight excluding hydrogens is 232 g/mol. The molecular formula is C18H32O. The van der Waals surface area contributed by atoms with E-state index in [0.29, 0.717) is 10.8 Å². The fourth-order valence-corrected chi connectivity index (χ4v) is 6.03. The van der Waals surface area contributed by atoms with E-state index in [9.17, 15) is 5.11 Å². The standard InChI is InChI=1S/C18H32O/c1-5-18(19)9-6-7-13(12-18)15-11-14-8-10-17(15,4)16(14,2)3/h13-15,19H,5-12H2,1-4H3/t13?,14-,15+,17+,18?/m1/s1. The highest BCUT2D eigenvalue weighted by Crippen LogP contribution is 2.70. The van der Waals surface area contributed by atoms with Crippen LogP contribution in [0.15, 0.2) is 0 Å². The Bertz CT molecular complexity index is 361. The van der Waals surface area contributed by atoms with Crippen molar-refractivity contribution in [2.75, 3.05) is 0 Å². The van der Waals surface area contributed by atoms with Gasteiger partial charge in [0.05, 0.1) is 5.60 Å². The van der Waals surface area contributed by atoms with Crippen molar-refractivity contribution in [2.24, 2.45) is 28.6 Å². The van der Waals surface area contributed by atoms with E-state index in [1.54, 1.807) is 0 Å². The predicted octanol–water partition coefficient (Wildman–Crippen LogP) is 4.78. The van der Waals surface area contributed by atoms with Crippen LogP contribution < -0.4 is 0 Å². The lowest BCUT2D eigenvalue weighted by Gasteiger charge is -2.47. The van der Waals surface area contributed by atoms with Crippen LogP contribution in [-0.4, -0.2) is 10.7 Å². The minimum atomic E-state index is -0.342. The first kappa shape index (κ1) is 13.9. The molecule has 110 valence electrons. The van der Waals surface area contributed by atoms with Crippen LogP contribution in [-0.2, 0) is 0 Å². The van der Waals surface area contributed by atoms with Crippen molar-refractivity contribution in [1.29, 1.82) is 0 Å². The van der Waals surface area contributed by atoms with Crippen LogP contribution in [0.5, 0.6) is 0 Å². The fraction of sp³-hybridized carbons (Fsp3) is 1.00. The molecule has 1 nitrogen and oxygen atoms in total. The summed E-state index contributed by atoms with van der Waals surface area (Å²) < 4.78 is 0. The first-order valence-electron chi connectivity index (χ1n) is 8.55. The van der Waals surface area contributed by atoms with Crippen molar-refractivity contribution in [3.05, 3.63) is 0 Å². The molecule has 2 unspecified atom stereocenters. The zero-order valence-corrected chi connectivity index (χ0v) is 13.3. The van der Waals surface area contributed by atoms with Gasteiger partial charge in [0.1, 0.15) is 0 Å². The molecule has 0 aliphatic heterocycles. The molecule has 3 rings (SSSR count). The molecule has 0 radical (unpaired) electrons. The highest BCUT2D eigenvalue weighted by Gasteiger charge is 2.62. The third-order valence-electron chi connectivity index (χ3n) is 7.95. The van der Waals surface area contributed by atoms with E-state index in [4.69, 9.17) is 0 Å². The molecule has 0 aromatic carbocycles. The van der Waals surface area contributed by atoms with E-state index in [1.807, 2.05) is 0 Å². The normalized spacial score (nSPS) is 52.6. The molecule has 0 aromatic rings. The topological polar surface area (TPSA) is 20.2 Å². The van der Waals surface area contributed by atoms with Gasteiger partial charge in [-0.2, -0.15) is 0 Å². The second kappa shape index (κ2) is 4.23.